The molecule has 0 aliphatic heterocycles. The van der Waals surface area contributed by atoms with Crippen LogP contribution in [0.2, 0.25) is 0 Å². The maximum Gasteiger partial charge on any atom is 0.175 e. The van der Waals surface area contributed by atoms with Crippen molar-refractivity contribution in [3.8, 4) is 11.8 Å². The van der Waals surface area contributed by atoms with Crippen molar-refractivity contribution in [2.75, 3.05) is 24.7 Å². The zero-order valence-electron chi connectivity index (χ0n) is 15.1. The standard InChI is InChI=1S/C20H19N3O3S/c1-14-4-3-5-18-19(14)23-13-15(12-21)20(18)22-10-11-26-16-6-8-17(9-7-16)27(2,24)25/h3-9,13H,10-11H2,1-2H3,(H,22,23). The van der Waals surface area contributed by atoms with Crippen molar-refractivity contribution in [3.05, 3.63) is 59.8 Å². The molecule has 1 heterocycles. The van der Waals surface area contributed by atoms with E-state index in [2.05, 4.69) is 16.4 Å². The number of nitriles is 1. The summed E-state index contributed by atoms with van der Waals surface area (Å²) < 4.78 is 28.6. The second-order valence-electron chi connectivity index (χ2n) is 6.15. The summed E-state index contributed by atoms with van der Waals surface area (Å²) in [6.45, 7) is 2.82. The molecule has 0 aliphatic rings. The first-order valence-corrected chi connectivity index (χ1v) is 10.2. The van der Waals surface area contributed by atoms with E-state index in [9.17, 15) is 13.7 Å². The summed E-state index contributed by atoms with van der Waals surface area (Å²) >= 11 is 0. The molecule has 138 valence electrons. The molecule has 0 fully saturated rings. The number of ether oxygens (including phenoxy) is 1. The van der Waals surface area contributed by atoms with Gasteiger partial charge >= 0.3 is 0 Å². The van der Waals surface area contributed by atoms with Crippen LogP contribution in [-0.2, 0) is 9.84 Å². The summed E-state index contributed by atoms with van der Waals surface area (Å²) in [6.07, 6.45) is 2.74. The lowest BCUT2D eigenvalue weighted by Gasteiger charge is -2.13. The zero-order chi connectivity index (χ0) is 19.4. The van der Waals surface area contributed by atoms with Crippen molar-refractivity contribution in [3.63, 3.8) is 0 Å². The highest BCUT2D eigenvalue weighted by Gasteiger charge is 2.10. The van der Waals surface area contributed by atoms with E-state index in [1.807, 2.05) is 25.1 Å². The van der Waals surface area contributed by atoms with Gasteiger partial charge in [-0.2, -0.15) is 5.26 Å². The van der Waals surface area contributed by atoms with Crippen molar-refractivity contribution >= 4 is 26.4 Å². The summed E-state index contributed by atoms with van der Waals surface area (Å²) in [5.74, 6) is 0.583. The Hall–Kier alpha value is -3.11. The first-order chi connectivity index (χ1) is 12.9. The van der Waals surface area contributed by atoms with Crippen LogP contribution in [0.3, 0.4) is 0 Å². The Kier molecular flexibility index (Phi) is 5.28. The van der Waals surface area contributed by atoms with Gasteiger partial charge in [-0.3, -0.25) is 4.98 Å². The molecule has 0 spiro atoms. The Balaban J connectivity index is 1.69. The highest BCUT2D eigenvalue weighted by atomic mass is 32.2. The Labute approximate surface area is 158 Å². The first-order valence-electron chi connectivity index (χ1n) is 8.35. The number of pyridine rings is 1. The van der Waals surface area contributed by atoms with Gasteiger partial charge in [0.1, 0.15) is 18.4 Å². The number of nitrogens with one attached hydrogen (secondary N) is 1. The van der Waals surface area contributed by atoms with Crippen molar-refractivity contribution in [1.82, 2.24) is 4.98 Å². The van der Waals surface area contributed by atoms with Crippen molar-refractivity contribution in [2.24, 2.45) is 0 Å². The zero-order valence-corrected chi connectivity index (χ0v) is 15.9. The molecule has 3 rings (SSSR count). The number of sulfone groups is 1. The van der Waals surface area contributed by atoms with Gasteiger partial charge in [0.15, 0.2) is 9.84 Å². The summed E-state index contributed by atoms with van der Waals surface area (Å²) in [4.78, 5) is 4.63. The van der Waals surface area contributed by atoms with Gasteiger partial charge in [0.25, 0.3) is 0 Å². The Morgan fingerprint density at radius 1 is 1.19 bits per heavy atom. The van der Waals surface area contributed by atoms with Crippen LogP contribution in [0.5, 0.6) is 5.75 Å². The number of anilines is 1. The molecule has 0 unspecified atom stereocenters. The van der Waals surface area contributed by atoms with Crippen molar-refractivity contribution in [2.45, 2.75) is 11.8 Å². The van der Waals surface area contributed by atoms with Gasteiger partial charge in [-0.1, -0.05) is 18.2 Å². The molecule has 0 saturated heterocycles. The monoisotopic (exact) mass is 381 g/mol. The molecule has 0 aliphatic carbocycles. The largest absolute Gasteiger partial charge is 0.492 e. The third-order valence-electron chi connectivity index (χ3n) is 4.14. The van der Waals surface area contributed by atoms with Crippen LogP contribution in [-0.4, -0.2) is 32.8 Å². The minimum Gasteiger partial charge on any atom is -0.492 e. The molecule has 0 atom stereocenters. The van der Waals surface area contributed by atoms with Gasteiger partial charge < -0.3 is 10.1 Å². The Bertz CT molecular complexity index is 1120. The van der Waals surface area contributed by atoms with Crippen molar-refractivity contribution in [1.29, 1.82) is 5.26 Å². The van der Waals surface area contributed by atoms with E-state index in [-0.39, 0.29) is 4.90 Å². The van der Waals surface area contributed by atoms with Gasteiger partial charge in [-0.25, -0.2) is 8.42 Å². The van der Waals surface area contributed by atoms with Gasteiger partial charge in [0.05, 0.1) is 21.7 Å². The van der Waals surface area contributed by atoms with Gasteiger partial charge in [-0.05, 0) is 36.8 Å². The van der Waals surface area contributed by atoms with Crippen LogP contribution >= 0.6 is 0 Å². The summed E-state index contributed by atoms with van der Waals surface area (Å²) in [5.41, 5.74) is 3.12. The molecule has 1 N–H and O–H groups in total. The van der Waals surface area contributed by atoms with Crippen LogP contribution in [0, 0.1) is 18.3 Å². The van der Waals surface area contributed by atoms with Crippen LogP contribution in [0.25, 0.3) is 10.9 Å². The van der Waals surface area contributed by atoms with Gasteiger partial charge in [0, 0.05) is 24.4 Å². The molecule has 0 amide bonds. The van der Waals surface area contributed by atoms with Crippen molar-refractivity contribution < 1.29 is 13.2 Å². The topological polar surface area (TPSA) is 92.1 Å². The molecular formula is C20H19N3O3S. The predicted octanol–water partition coefficient (Wildman–Crippen LogP) is 3.31. The van der Waals surface area contributed by atoms with Crippen LogP contribution < -0.4 is 10.1 Å². The second-order valence-corrected chi connectivity index (χ2v) is 8.16. The maximum absolute atomic E-state index is 11.5. The first kappa shape index (κ1) is 18.7. The fourth-order valence-electron chi connectivity index (χ4n) is 2.77. The number of hydrogen-bond donors (Lipinski definition) is 1. The fraction of sp³-hybridized carbons (Fsp3) is 0.200. The summed E-state index contributed by atoms with van der Waals surface area (Å²) in [5, 5.41) is 13.5. The van der Waals surface area contributed by atoms with E-state index in [4.69, 9.17) is 4.74 Å². The van der Waals surface area contributed by atoms with Crippen LogP contribution in [0.1, 0.15) is 11.1 Å². The minimum atomic E-state index is -3.22. The smallest absolute Gasteiger partial charge is 0.175 e. The summed E-state index contributed by atoms with van der Waals surface area (Å²) in [7, 11) is -3.22. The lowest BCUT2D eigenvalue weighted by molar-refractivity contribution is 0.332. The molecule has 6 nitrogen and oxygen atoms in total. The van der Waals surface area contributed by atoms with Crippen LogP contribution in [0.15, 0.2) is 53.6 Å². The van der Waals surface area contributed by atoms with E-state index in [0.29, 0.717) is 24.5 Å². The number of fused-ring (bicyclic) bond motifs is 1. The Morgan fingerprint density at radius 3 is 2.59 bits per heavy atom. The second kappa shape index (κ2) is 7.64. The molecule has 0 bridgehead atoms. The number of aromatic nitrogens is 1. The SMILES string of the molecule is Cc1cccc2c(NCCOc3ccc(S(C)(=O)=O)cc3)c(C#N)cnc12. The number of benzene rings is 2. The van der Waals surface area contributed by atoms with E-state index >= 15 is 0 Å². The third-order valence-corrected chi connectivity index (χ3v) is 5.27. The lowest BCUT2D eigenvalue weighted by atomic mass is 10.1. The van der Waals surface area contributed by atoms with E-state index < -0.39 is 9.84 Å². The molecule has 1 aromatic heterocycles. The quantitative estimate of drug-likeness (QED) is 0.659. The molecule has 3 aromatic rings. The van der Waals surface area contributed by atoms with Gasteiger partial charge in [0.2, 0.25) is 0 Å². The molecule has 0 radical (unpaired) electrons. The molecule has 2 aromatic carbocycles. The molecular weight excluding hydrogens is 362 g/mol. The van der Waals surface area contributed by atoms with E-state index in [1.165, 1.54) is 18.4 Å². The number of aryl methyl sites for hydroxylation is 1. The lowest BCUT2D eigenvalue weighted by Crippen LogP contribution is -2.13. The number of nitrogens with zero attached hydrogens (tertiary/aromatic N) is 2. The maximum atomic E-state index is 11.5. The molecule has 7 heteroatoms. The Morgan fingerprint density at radius 2 is 1.93 bits per heavy atom. The normalized spacial score (nSPS) is 11.1. The molecule has 27 heavy (non-hydrogen) atoms. The molecule has 0 saturated carbocycles. The number of rotatable bonds is 6. The van der Waals surface area contributed by atoms with Gasteiger partial charge in [-0.15, -0.1) is 0 Å². The predicted molar refractivity (Wildman–Crippen MR) is 105 cm³/mol. The third kappa shape index (κ3) is 4.18. The number of para-hydroxylation sites is 1. The highest BCUT2D eigenvalue weighted by molar-refractivity contribution is 7.90. The minimum absolute atomic E-state index is 0.255. The average molecular weight is 381 g/mol. The fourth-order valence-corrected chi connectivity index (χ4v) is 3.40. The van der Waals surface area contributed by atoms with E-state index in [0.717, 1.165) is 22.2 Å². The van der Waals surface area contributed by atoms with E-state index in [1.54, 1.807) is 18.3 Å². The summed E-state index contributed by atoms with van der Waals surface area (Å²) in [6, 6.07) is 14.3. The van der Waals surface area contributed by atoms with Crippen LogP contribution in [0.4, 0.5) is 5.69 Å². The average Bonchev–Trinajstić information content (AvgIpc) is 2.65. The number of hydrogen-bond acceptors (Lipinski definition) is 6. The highest BCUT2D eigenvalue weighted by Crippen LogP contribution is 2.27.